The summed E-state index contributed by atoms with van der Waals surface area (Å²) in [5, 5.41) is 1.48. The molecule has 4 heteroatoms. The minimum Gasteiger partial charge on any atom is -0.269 e. The lowest BCUT2D eigenvalue weighted by atomic mass is 9.94. The van der Waals surface area contributed by atoms with Gasteiger partial charge in [-0.05, 0) is 19.8 Å². The molecule has 2 N–H and O–H groups in total. The normalized spacial score (nSPS) is 28.9. The third-order valence-electron chi connectivity index (χ3n) is 2.17. The topological polar surface area (TPSA) is 29.3 Å². The fraction of sp³-hybridized carbons (Fsp3) is 1.00. The molecule has 0 aliphatic carbocycles. The number of hydrazine groups is 1. The first-order valence-electron chi connectivity index (χ1n) is 3.87. The average molecular weight is 164 g/mol. The van der Waals surface area contributed by atoms with Crippen LogP contribution >= 0.6 is 0 Å². The molecule has 1 rings (SSSR count). The van der Waals surface area contributed by atoms with Crippen molar-refractivity contribution < 1.29 is 8.78 Å². The Kier molecular flexibility index (Phi) is 2.44. The van der Waals surface area contributed by atoms with E-state index >= 15 is 0 Å². The highest BCUT2D eigenvalue weighted by Gasteiger charge is 2.36. The van der Waals surface area contributed by atoms with Crippen molar-refractivity contribution in [3.63, 3.8) is 0 Å². The zero-order valence-corrected chi connectivity index (χ0v) is 6.69. The molecule has 1 aliphatic heterocycles. The molecule has 1 heterocycles. The second-order valence-electron chi connectivity index (χ2n) is 3.29. The highest BCUT2D eigenvalue weighted by Crippen LogP contribution is 2.30. The van der Waals surface area contributed by atoms with Crippen LogP contribution in [0.4, 0.5) is 8.78 Å². The number of halogens is 2. The van der Waals surface area contributed by atoms with Crippen molar-refractivity contribution in [2.45, 2.75) is 25.7 Å². The molecule has 11 heavy (non-hydrogen) atoms. The number of alkyl halides is 2. The molecular weight excluding hydrogens is 150 g/mol. The van der Waals surface area contributed by atoms with E-state index in [0.29, 0.717) is 13.0 Å². The summed E-state index contributed by atoms with van der Waals surface area (Å²) in [5.74, 6) is 2.30. The average Bonchev–Trinajstić information content (AvgIpc) is 1.86. The van der Waals surface area contributed by atoms with Gasteiger partial charge in [0.15, 0.2) is 0 Å². The minimum atomic E-state index is -2.57. The van der Waals surface area contributed by atoms with Gasteiger partial charge in [-0.15, -0.1) is 0 Å². The van der Waals surface area contributed by atoms with E-state index in [-0.39, 0.29) is 0 Å². The zero-order valence-electron chi connectivity index (χ0n) is 6.69. The lowest BCUT2D eigenvalue weighted by molar-refractivity contribution is -0.0664. The van der Waals surface area contributed by atoms with Gasteiger partial charge in [0.2, 0.25) is 5.92 Å². The first kappa shape index (κ1) is 8.87. The zero-order chi connectivity index (χ0) is 8.48. The molecule has 1 atom stereocenters. The Morgan fingerprint density at radius 3 is 2.55 bits per heavy atom. The Balaban J connectivity index is 2.46. The molecule has 0 aromatic heterocycles. The number of hydrogen-bond acceptors (Lipinski definition) is 2. The maximum atomic E-state index is 12.7. The van der Waals surface area contributed by atoms with E-state index in [1.54, 1.807) is 0 Å². The van der Waals surface area contributed by atoms with Crippen molar-refractivity contribution in [3.05, 3.63) is 0 Å². The Bertz CT molecular complexity index is 133. The van der Waals surface area contributed by atoms with Gasteiger partial charge in [0.05, 0.1) is 0 Å². The summed E-state index contributed by atoms with van der Waals surface area (Å²) >= 11 is 0. The van der Waals surface area contributed by atoms with E-state index in [9.17, 15) is 8.78 Å². The van der Waals surface area contributed by atoms with E-state index in [1.807, 2.05) is 0 Å². The van der Waals surface area contributed by atoms with Gasteiger partial charge in [0.1, 0.15) is 0 Å². The molecule has 0 spiro atoms. The Labute approximate surface area is 65.3 Å². The number of piperidine rings is 1. The van der Waals surface area contributed by atoms with Gasteiger partial charge in [-0.3, -0.25) is 5.84 Å². The second kappa shape index (κ2) is 3.03. The molecule has 0 amide bonds. The van der Waals surface area contributed by atoms with Gasteiger partial charge in [0.25, 0.3) is 0 Å². The van der Waals surface area contributed by atoms with Gasteiger partial charge in [-0.25, -0.2) is 13.8 Å². The maximum Gasteiger partial charge on any atom is 0.249 e. The highest BCUT2D eigenvalue weighted by molar-refractivity contribution is 4.78. The molecule has 1 fully saturated rings. The van der Waals surface area contributed by atoms with Crippen molar-refractivity contribution in [3.8, 4) is 0 Å². The lowest BCUT2D eigenvalue weighted by Crippen LogP contribution is -2.45. The smallest absolute Gasteiger partial charge is 0.249 e. The summed E-state index contributed by atoms with van der Waals surface area (Å²) in [6.45, 7) is 2.03. The molecule has 66 valence electrons. The Hall–Kier alpha value is -0.220. The van der Waals surface area contributed by atoms with E-state index in [2.05, 4.69) is 0 Å². The van der Waals surface area contributed by atoms with Gasteiger partial charge in [0, 0.05) is 19.0 Å². The van der Waals surface area contributed by atoms with Crippen molar-refractivity contribution in [1.82, 2.24) is 5.01 Å². The molecule has 1 aliphatic rings. The second-order valence-corrected chi connectivity index (χ2v) is 3.29. The van der Waals surface area contributed by atoms with Crippen molar-refractivity contribution in [1.29, 1.82) is 0 Å². The van der Waals surface area contributed by atoms with Crippen LogP contribution in [0.2, 0.25) is 0 Å². The summed E-state index contributed by atoms with van der Waals surface area (Å²) < 4.78 is 25.4. The Morgan fingerprint density at radius 2 is 2.18 bits per heavy atom. The van der Waals surface area contributed by atoms with Crippen LogP contribution < -0.4 is 5.84 Å². The molecule has 1 saturated heterocycles. The third kappa shape index (κ3) is 2.38. The third-order valence-corrected chi connectivity index (χ3v) is 2.17. The predicted octanol–water partition coefficient (Wildman–Crippen LogP) is 1.23. The van der Waals surface area contributed by atoms with Crippen molar-refractivity contribution >= 4 is 0 Å². The number of rotatable bonds is 1. The SMILES string of the molecule is CC(F)(F)[C@H]1CCCN(N)C1. The van der Waals surface area contributed by atoms with Gasteiger partial charge < -0.3 is 0 Å². The fourth-order valence-corrected chi connectivity index (χ4v) is 1.42. The molecule has 0 bridgehead atoms. The molecule has 2 nitrogen and oxygen atoms in total. The molecule has 0 saturated carbocycles. The predicted molar refractivity (Wildman–Crippen MR) is 39.1 cm³/mol. The van der Waals surface area contributed by atoms with Crippen LogP contribution in [0.5, 0.6) is 0 Å². The van der Waals surface area contributed by atoms with E-state index < -0.39 is 11.8 Å². The summed E-state index contributed by atoms with van der Waals surface area (Å²) in [4.78, 5) is 0. The van der Waals surface area contributed by atoms with Crippen LogP contribution in [0.15, 0.2) is 0 Å². The van der Waals surface area contributed by atoms with E-state index in [4.69, 9.17) is 5.84 Å². The molecule has 0 aromatic rings. The van der Waals surface area contributed by atoms with Crippen molar-refractivity contribution in [2.24, 2.45) is 11.8 Å². The first-order chi connectivity index (χ1) is 5.00. The first-order valence-corrected chi connectivity index (χ1v) is 3.87. The van der Waals surface area contributed by atoms with Gasteiger partial charge in [-0.1, -0.05) is 0 Å². The lowest BCUT2D eigenvalue weighted by Gasteiger charge is -2.32. The van der Waals surface area contributed by atoms with Crippen LogP contribution in [0.1, 0.15) is 19.8 Å². The summed E-state index contributed by atoms with van der Waals surface area (Å²) in [6.07, 6.45) is 1.38. The highest BCUT2D eigenvalue weighted by atomic mass is 19.3. The standard InChI is InChI=1S/C7H14F2N2/c1-7(8,9)6-3-2-4-11(10)5-6/h6H,2-5,10H2,1H3/t6-/m0/s1. The Morgan fingerprint density at radius 1 is 1.55 bits per heavy atom. The monoisotopic (exact) mass is 164 g/mol. The fourth-order valence-electron chi connectivity index (χ4n) is 1.42. The minimum absolute atomic E-state index is 0.323. The van der Waals surface area contributed by atoms with Crippen LogP contribution in [0.25, 0.3) is 0 Å². The van der Waals surface area contributed by atoms with Crippen molar-refractivity contribution in [2.75, 3.05) is 13.1 Å². The van der Waals surface area contributed by atoms with Crippen LogP contribution in [0, 0.1) is 5.92 Å². The van der Waals surface area contributed by atoms with Gasteiger partial charge in [-0.2, -0.15) is 0 Å². The summed E-state index contributed by atoms with van der Waals surface area (Å²) in [5.41, 5.74) is 0. The largest absolute Gasteiger partial charge is 0.269 e. The number of nitrogens with zero attached hydrogens (tertiary/aromatic N) is 1. The van der Waals surface area contributed by atoms with Crippen LogP contribution in [-0.4, -0.2) is 24.0 Å². The quantitative estimate of drug-likeness (QED) is 0.590. The molecule has 0 radical (unpaired) electrons. The molecule has 0 unspecified atom stereocenters. The maximum absolute atomic E-state index is 12.7. The number of nitrogens with two attached hydrogens (primary N) is 1. The van der Waals surface area contributed by atoms with E-state index in [1.165, 1.54) is 5.01 Å². The number of hydrogen-bond donors (Lipinski definition) is 1. The van der Waals surface area contributed by atoms with E-state index in [0.717, 1.165) is 19.9 Å². The van der Waals surface area contributed by atoms with Crippen LogP contribution in [0.3, 0.4) is 0 Å². The summed E-state index contributed by atoms with van der Waals surface area (Å²) in [6, 6.07) is 0. The summed E-state index contributed by atoms with van der Waals surface area (Å²) in [7, 11) is 0. The molecule has 0 aromatic carbocycles. The van der Waals surface area contributed by atoms with Crippen LogP contribution in [-0.2, 0) is 0 Å². The molecular formula is C7H14F2N2. The van der Waals surface area contributed by atoms with Gasteiger partial charge >= 0.3 is 0 Å².